The van der Waals surface area contributed by atoms with Crippen molar-refractivity contribution in [2.45, 2.75) is 33.1 Å². The molecule has 4 nitrogen and oxygen atoms in total. The Balaban J connectivity index is 1.63. The van der Waals surface area contributed by atoms with Gasteiger partial charge in [-0.05, 0) is 55.7 Å². The molecule has 0 fully saturated rings. The molecule has 0 saturated carbocycles. The van der Waals surface area contributed by atoms with Gasteiger partial charge >= 0.3 is 0 Å². The Hall–Kier alpha value is -2.66. The Morgan fingerprint density at radius 2 is 1.85 bits per heavy atom. The smallest absolute Gasteiger partial charge is 0.293 e. The van der Waals surface area contributed by atoms with E-state index < -0.39 is 0 Å². The van der Waals surface area contributed by atoms with E-state index in [4.69, 9.17) is 16.6 Å². The fraction of sp³-hybridized carbons (Fsp3) is 0.238. The largest absolute Gasteiger partial charge is 0.451 e. The summed E-state index contributed by atoms with van der Waals surface area (Å²) in [6.45, 7) is 4.05. The van der Waals surface area contributed by atoms with E-state index in [2.05, 4.69) is 29.7 Å². The quantitative estimate of drug-likeness (QED) is 0.609. The highest BCUT2D eigenvalue weighted by atomic mass is 32.1. The highest BCUT2D eigenvalue weighted by Gasteiger charge is 2.18. The predicted molar refractivity (Wildman–Crippen MR) is 110 cm³/mol. The fourth-order valence-electron chi connectivity index (χ4n) is 2.85. The number of fused-ring (bicyclic) bond motifs is 1. The standard InChI is InChI=1S/C21H22N2O2S/c1-3-4-7-15-10-12-16(13-11-15)22-21(26)23-20(24)19-14(2)17-8-5-6-9-18(17)25-19/h5-6,8-13H,3-4,7H2,1-2H3,(H2,22,23,24,26). The van der Waals surface area contributed by atoms with E-state index in [0.717, 1.165) is 23.1 Å². The van der Waals surface area contributed by atoms with Gasteiger partial charge in [-0.2, -0.15) is 0 Å². The summed E-state index contributed by atoms with van der Waals surface area (Å²) in [6.07, 6.45) is 3.43. The van der Waals surface area contributed by atoms with E-state index in [1.165, 1.54) is 18.4 Å². The number of anilines is 1. The third kappa shape index (κ3) is 4.11. The van der Waals surface area contributed by atoms with Crippen molar-refractivity contribution in [1.29, 1.82) is 0 Å². The Morgan fingerprint density at radius 1 is 1.12 bits per heavy atom. The van der Waals surface area contributed by atoms with Crippen molar-refractivity contribution in [1.82, 2.24) is 5.32 Å². The first-order valence-electron chi connectivity index (χ1n) is 8.78. The number of aryl methyl sites for hydroxylation is 2. The van der Waals surface area contributed by atoms with E-state index in [1.807, 2.05) is 43.3 Å². The molecule has 5 heteroatoms. The van der Waals surface area contributed by atoms with Gasteiger partial charge < -0.3 is 9.73 Å². The van der Waals surface area contributed by atoms with Crippen molar-refractivity contribution in [3.05, 3.63) is 65.4 Å². The van der Waals surface area contributed by atoms with Crippen LogP contribution >= 0.6 is 12.2 Å². The summed E-state index contributed by atoms with van der Waals surface area (Å²) in [6, 6.07) is 15.7. The number of nitrogens with one attached hydrogen (secondary N) is 2. The van der Waals surface area contributed by atoms with E-state index in [1.54, 1.807) is 0 Å². The number of unbranched alkanes of at least 4 members (excludes halogenated alkanes) is 1. The number of para-hydroxylation sites is 1. The molecule has 0 aliphatic carbocycles. The summed E-state index contributed by atoms with van der Waals surface area (Å²) in [7, 11) is 0. The second-order valence-corrected chi connectivity index (χ2v) is 6.67. The number of carbonyl (C=O) groups is 1. The van der Waals surface area contributed by atoms with Crippen LogP contribution in [0.5, 0.6) is 0 Å². The van der Waals surface area contributed by atoms with Gasteiger partial charge in [0.2, 0.25) is 0 Å². The number of furan rings is 1. The molecule has 0 radical (unpaired) electrons. The Kier molecular flexibility index (Phi) is 5.68. The second kappa shape index (κ2) is 8.15. The van der Waals surface area contributed by atoms with Gasteiger partial charge in [-0.3, -0.25) is 10.1 Å². The monoisotopic (exact) mass is 366 g/mol. The number of rotatable bonds is 5. The van der Waals surface area contributed by atoms with Crippen LogP contribution < -0.4 is 10.6 Å². The molecular formula is C21H22N2O2S. The zero-order chi connectivity index (χ0) is 18.5. The Morgan fingerprint density at radius 3 is 2.54 bits per heavy atom. The van der Waals surface area contributed by atoms with Crippen LogP contribution in [0, 0.1) is 6.92 Å². The number of amides is 1. The zero-order valence-electron chi connectivity index (χ0n) is 15.0. The first-order valence-corrected chi connectivity index (χ1v) is 9.18. The van der Waals surface area contributed by atoms with E-state index >= 15 is 0 Å². The van der Waals surface area contributed by atoms with Crippen LogP contribution in [0.15, 0.2) is 52.9 Å². The molecule has 0 aliphatic heterocycles. The van der Waals surface area contributed by atoms with Crippen LogP contribution in [0.3, 0.4) is 0 Å². The van der Waals surface area contributed by atoms with Gasteiger partial charge in [0.05, 0.1) is 0 Å². The molecule has 2 N–H and O–H groups in total. The van der Waals surface area contributed by atoms with Gasteiger partial charge in [-0.1, -0.05) is 43.7 Å². The summed E-state index contributed by atoms with van der Waals surface area (Å²) in [4.78, 5) is 12.5. The van der Waals surface area contributed by atoms with Crippen molar-refractivity contribution in [2.75, 3.05) is 5.32 Å². The van der Waals surface area contributed by atoms with Gasteiger partial charge in [0.25, 0.3) is 5.91 Å². The number of thiocarbonyl (C=S) groups is 1. The summed E-state index contributed by atoms with van der Waals surface area (Å²) in [5.74, 6) is -0.0685. The van der Waals surface area contributed by atoms with E-state index in [-0.39, 0.29) is 16.8 Å². The lowest BCUT2D eigenvalue weighted by Gasteiger charge is -2.09. The van der Waals surface area contributed by atoms with Gasteiger partial charge in [0, 0.05) is 16.6 Å². The van der Waals surface area contributed by atoms with Crippen LogP contribution in [-0.2, 0) is 6.42 Å². The first-order chi connectivity index (χ1) is 12.6. The predicted octanol–water partition coefficient (Wildman–Crippen LogP) is 5.21. The van der Waals surface area contributed by atoms with Crippen molar-refractivity contribution in [3.63, 3.8) is 0 Å². The lowest BCUT2D eigenvalue weighted by atomic mass is 10.1. The minimum atomic E-state index is -0.351. The van der Waals surface area contributed by atoms with Crippen LogP contribution in [0.2, 0.25) is 0 Å². The van der Waals surface area contributed by atoms with Crippen molar-refractivity contribution in [3.8, 4) is 0 Å². The Bertz CT molecular complexity index is 929. The average Bonchev–Trinajstić information content (AvgIpc) is 2.98. The number of hydrogen-bond donors (Lipinski definition) is 2. The van der Waals surface area contributed by atoms with Crippen LogP contribution in [0.1, 0.15) is 41.4 Å². The van der Waals surface area contributed by atoms with Crippen molar-refractivity contribution in [2.24, 2.45) is 0 Å². The minimum Gasteiger partial charge on any atom is -0.451 e. The molecule has 0 unspecified atom stereocenters. The number of benzene rings is 2. The molecule has 26 heavy (non-hydrogen) atoms. The topological polar surface area (TPSA) is 54.3 Å². The fourth-order valence-corrected chi connectivity index (χ4v) is 3.06. The highest BCUT2D eigenvalue weighted by molar-refractivity contribution is 7.80. The van der Waals surface area contributed by atoms with Crippen molar-refractivity contribution < 1.29 is 9.21 Å². The minimum absolute atomic E-state index is 0.246. The maximum Gasteiger partial charge on any atom is 0.293 e. The first kappa shape index (κ1) is 18.1. The van der Waals surface area contributed by atoms with E-state index in [0.29, 0.717) is 5.58 Å². The molecule has 3 rings (SSSR count). The summed E-state index contributed by atoms with van der Waals surface area (Å²) >= 11 is 5.25. The van der Waals surface area contributed by atoms with Gasteiger partial charge in [-0.25, -0.2) is 0 Å². The molecular weight excluding hydrogens is 344 g/mol. The maximum absolute atomic E-state index is 12.5. The average molecular weight is 366 g/mol. The summed E-state index contributed by atoms with van der Waals surface area (Å²) < 4.78 is 5.67. The molecule has 1 amide bonds. The third-order valence-corrected chi connectivity index (χ3v) is 4.51. The maximum atomic E-state index is 12.5. The molecule has 0 aliphatic rings. The molecule has 0 bridgehead atoms. The molecule has 3 aromatic rings. The SMILES string of the molecule is CCCCc1ccc(NC(=S)NC(=O)c2oc3ccccc3c2C)cc1. The molecule has 0 atom stereocenters. The molecule has 0 saturated heterocycles. The molecule has 134 valence electrons. The third-order valence-electron chi connectivity index (χ3n) is 4.31. The zero-order valence-corrected chi connectivity index (χ0v) is 15.8. The van der Waals surface area contributed by atoms with Crippen LogP contribution in [0.25, 0.3) is 11.0 Å². The van der Waals surface area contributed by atoms with Gasteiger partial charge in [0.1, 0.15) is 5.58 Å². The van der Waals surface area contributed by atoms with Gasteiger partial charge in [0.15, 0.2) is 10.9 Å². The van der Waals surface area contributed by atoms with Crippen LogP contribution in [0.4, 0.5) is 5.69 Å². The highest BCUT2D eigenvalue weighted by Crippen LogP contribution is 2.24. The molecule has 2 aromatic carbocycles. The molecule has 1 heterocycles. The molecule has 1 aromatic heterocycles. The second-order valence-electron chi connectivity index (χ2n) is 6.26. The number of hydrogen-bond acceptors (Lipinski definition) is 3. The lowest BCUT2D eigenvalue weighted by molar-refractivity contribution is 0.0952. The van der Waals surface area contributed by atoms with Crippen LogP contribution in [-0.4, -0.2) is 11.0 Å². The summed E-state index contributed by atoms with van der Waals surface area (Å²) in [5, 5.41) is 6.90. The lowest BCUT2D eigenvalue weighted by Crippen LogP contribution is -2.34. The van der Waals surface area contributed by atoms with Crippen molar-refractivity contribution >= 4 is 39.9 Å². The van der Waals surface area contributed by atoms with E-state index in [9.17, 15) is 4.79 Å². The number of carbonyl (C=O) groups excluding carboxylic acids is 1. The molecule has 0 spiro atoms. The summed E-state index contributed by atoms with van der Waals surface area (Å²) in [5.41, 5.74) is 3.64. The normalized spacial score (nSPS) is 10.7. The van der Waals surface area contributed by atoms with Gasteiger partial charge in [-0.15, -0.1) is 0 Å². The Labute approximate surface area is 158 Å².